The van der Waals surface area contributed by atoms with E-state index in [1.54, 1.807) is 6.07 Å². The lowest BCUT2D eigenvalue weighted by Gasteiger charge is -2.04. The predicted molar refractivity (Wildman–Crippen MR) is 60.0 cm³/mol. The summed E-state index contributed by atoms with van der Waals surface area (Å²) < 4.78 is 0. The molecular formula is C9H11Cl2N3. The van der Waals surface area contributed by atoms with Crippen LogP contribution in [-0.4, -0.2) is 16.7 Å². The Kier molecular flexibility index (Phi) is 4.17. The molecule has 0 amide bonds. The first-order valence-corrected chi connectivity index (χ1v) is 4.91. The maximum atomic E-state index is 5.80. The van der Waals surface area contributed by atoms with E-state index in [9.17, 15) is 0 Å². The van der Waals surface area contributed by atoms with Gasteiger partial charge in [-0.05, 0) is 13.8 Å². The zero-order valence-electron chi connectivity index (χ0n) is 8.01. The number of aromatic nitrogens is 2. The van der Waals surface area contributed by atoms with Crippen LogP contribution in [0.2, 0.25) is 10.3 Å². The van der Waals surface area contributed by atoms with Crippen LogP contribution in [0.4, 0.5) is 5.69 Å². The highest BCUT2D eigenvalue weighted by Gasteiger charge is 2.01. The lowest BCUT2D eigenvalue weighted by atomic mass is 10.3. The minimum atomic E-state index is 0.328. The molecule has 0 atom stereocenters. The van der Waals surface area contributed by atoms with Gasteiger partial charge in [-0.1, -0.05) is 34.9 Å². The van der Waals surface area contributed by atoms with Gasteiger partial charge in [-0.25, -0.2) is 0 Å². The van der Waals surface area contributed by atoms with Gasteiger partial charge in [0, 0.05) is 12.6 Å². The van der Waals surface area contributed by atoms with Gasteiger partial charge in [0.05, 0.1) is 5.69 Å². The number of hydrogen-bond donors (Lipinski definition) is 1. The van der Waals surface area contributed by atoms with E-state index in [4.69, 9.17) is 23.2 Å². The Morgan fingerprint density at radius 3 is 2.79 bits per heavy atom. The normalized spacial score (nSPS) is 9.71. The third-order valence-corrected chi connectivity index (χ3v) is 1.99. The molecule has 0 aromatic carbocycles. The van der Waals surface area contributed by atoms with E-state index >= 15 is 0 Å². The molecule has 3 nitrogen and oxygen atoms in total. The first-order chi connectivity index (χ1) is 6.59. The zero-order valence-corrected chi connectivity index (χ0v) is 9.52. The second kappa shape index (κ2) is 5.17. The summed E-state index contributed by atoms with van der Waals surface area (Å²) in [5.41, 5.74) is 1.94. The number of hydrogen-bond acceptors (Lipinski definition) is 3. The lowest BCUT2D eigenvalue weighted by Crippen LogP contribution is -2.01. The molecule has 5 heteroatoms. The number of anilines is 1. The summed E-state index contributed by atoms with van der Waals surface area (Å²) in [5.74, 6) is 0. The van der Waals surface area contributed by atoms with Crippen molar-refractivity contribution >= 4 is 28.9 Å². The average Bonchev–Trinajstić information content (AvgIpc) is 2.10. The van der Waals surface area contributed by atoms with Crippen molar-refractivity contribution in [1.29, 1.82) is 0 Å². The van der Waals surface area contributed by atoms with Crippen LogP contribution in [0.15, 0.2) is 17.7 Å². The highest BCUT2D eigenvalue weighted by atomic mass is 35.5. The van der Waals surface area contributed by atoms with Crippen LogP contribution >= 0.6 is 23.2 Å². The molecule has 0 fully saturated rings. The molecule has 0 spiro atoms. The third kappa shape index (κ3) is 3.52. The number of halogens is 2. The quantitative estimate of drug-likeness (QED) is 0.813. The van der Waals surface area contributed by atoms with E-state index in [2.05, 4.69) is 15.5 Å². The minimum absolute atomic E-state index is 0.328. The van der Waals surface area contributed by atoms with Gasteiger partial charge >= 0.3 is 0 Å². The highest BCUT2D eigenvalue weighted by Crippen LogP contribution is 2.20. The van der Waals surface area contributed by atoms with Crippen LogP contribution in [0.5, 0.6) is 0 Å². The molecule has 1 rings (SSSR count). The van der Waals surface area contributed by atoms with Crippen molar-refractivity contribution in [3.8, 4) is 0 Å². The number of nitrogens with zero attached hydrogens (tertiary/aromatic N) is 2. The first-order valence-electron chi connectivity index (χ1n) is 4.15. The first kappa shape index (κ1) is 11.3. The summed E-state index contributed by atoms with van der Waals surface area (Å²) in [6, 6.07) is 1.65. The Morgan fingerprint density at radius 2 is 2.14 bits per heavy atom. The molecule has 0 aliphatic rings. The molecule has 0 saturated heterocycles. The Balaban J connectivity index is 2.67. The van der Waals surface area contributed by atoms with Crippen molar-refractivity contribution in [3.05, 3.63) is 28.0 Å². The van der Waals surface area contributed by atoms with E-state index < -0.39 is 0 Å². The fourth-order valence-electron chi connectivity index (χ4n) is 0.842. The van der Waals surface area contributed by atoms with Crippen LogP contribution in [0.25, 0.3) is 0 Å². The van der Waals surface area contributed by atoms with Crippen LogP contribution in [-0.2, 0) is 0 Å². The summed E-state index contributed by atoms with van der Waals surface area (Å²) in [6.07, 6.45) is 2.05. The van der Waals surface area contributed by atoms with Crippen LogP contribution in [0.1, 0.15) is 13.8 Å². The maximum Gasteiger partial charge on any atom is 0.174 e. The molecule has 0 unspecified atom stereocenters. The number of nitrogens with one attached hydrogen (secondary N) is 1. The molecular weight excluding hydrogens is 221 g/mol. The second-order valence-corrected chi connectivity index (χ2v) is 3.78. The van der Waals surface area contributed by atoms with E-state index in [1.807, 2.05) is 19.9 Å². The topological polar surface area (TPSA) is 37.8 Å². The molecule has 1 N–H and O–H groups in total. The van der Waals surface area contributed by atoms with Crippen LogP contribution in [0.3, 0.4) is 0 Å². The van der Waals surface area contributed by atoms with Crippen LogP contribution < -0.4 is 5.32 Å². The van der Waals surface area contributed by atoms with Crippen molar-refractivity contribution in [3.63, 3.8) is 0 Å². The second-order valence-electron chi connectivity index (χ2n) is 3.03. The molecule has 1 heterocycles. The highest BCUT2D eigenvalue weighted by molar-refractivity contribution is 6.33. The Hall–Kier alpha value is -0.800. The summed E-state index contributed by atoms with van der Waals surface area (Å²) in [7, 11) is 0. The van der Waals surface area contributed by atoms with Crippen molar-refractivity contribution in [2.45, 2.75) is 13.8 Å². The molecule has 0 bridgehead atoms. The zero-order chi connectivity index (χ0) is 10.6. The van der Waals surface area contributed by atoms with Gasteiger partial charge in [-0.15, -0.1) is 10.2 Å². The standard InChI is InChI=1S/C9H11Cl2N3/c1-6(2)3-4-12-7-5-8(10)13-14-9(7)11/h3,5H,4H2,1-2H3,(H,12,13). The SMILES string of the molecule is CC(C)=CCNc1cc(Cl)nnc1Cl. The van der Waals surface area contributed by atoms with Gasteiger partial charge in [0.2, 0.25) is 0 Å². The Bertz CT molecular complexity index is 346. The fourth-order valence-corrected chi connectivity index (χ4v) is 1.15. The molecule has 0 radical (unpaired) electrons. The summed E-state index contributed by atoms with van der Waals surface area (Å²) in [5, 5.41) is 11.0. The summed E-state index contributed by atoms with van der Waals surface area (Å²) >= 11 is 11.5. The van der Waals surface area contributed by atoms with Gasteiger partial charge in [-0.3, -0.25) is 0 Å². The van der Waals surface area contributed by atoms with Gasteiger partial charge in [-0.2, -0.15) is 0 Å². The lowest BCUT2D eigenvalue weighted by molar-refractivity contribution is 1.03. The predicted octanol–water partition coefficient (Wildman–Crippen LogP) is 3.16. The Morgan fingerprint density at radius 1 is 1.43 bits per heavy atom. The van der Waals surface area contributed by atoms with Gasteiger partial charge in [0.25, 0.3) is 0 Å². The third-order valence-electron chi connectivity index (χ3n) is 1.52. The van der Waals surface area contributed by atoms with Crippen molar-refractivity contribution < 1.29 is 0 Å². The molecule has 14 heavy (non-hydrogen) atoms. The Labute approximate surface area is 93.1 Å². The van der Waals surface area contributed by atoms with Crippen molar-refractivity contribution in [1.82, 2.24) is 10.2 Å². The fraction of sp³-hybridized carbons (Fsp3) is 0.333. The number of allylic oxidation sites excluding steroid dienone is 1. The van der Waals surface area contributed by atoms with E-state index in [1.165, 1.54) is 5.57 Å². The molecule has 76 valence electrons. The molecule has 0 aliphatic heterocycles. The van der Waals surface area contributed by atoms with Crippen LogP contribution in [0, 0.1) is 0 Å². The molecule has 1 aromatic heterocycles. The van der Waals surface area contributed by atoms with E-state index in [0.29, 0.717) is 22.5 Å². The largest absolute Gasteiger partial charge is 0.379 e. The maximum absolute atomic E-state index is 5.80. The summed E-state index contributed by atoms with van der Waals surface area (Å²) in [6.45, 7) is 4.76. The van der Waals surface area contributed by atoms with E-state index in [0.717, 1.165) is 0 Å². The van der Waals surface area contributed by atoms with E-state index in [-0.39, 0.29) is 0 Å². The van der Waals surface area contributed by atoms with Gasteiger partial charge < -0.3 is 5.32 Å². The van der Waals surface area contributed by atoms with Gasteiger partial charge in [0.15, 0.2) is 10.3 Å². The average molecular weight is 232 g/mol. The molecule has 0 saturated carbocycles. The minimum Gasteiger partial charge on any atom is -0.379 e. The molecule has 0 aliphatic carbocycles. The van der Waals surface area contributed by atoms with Crippen molar-refractivity contribution in [2.75, 3.05) is 11.9 Å². The summed E-state index contributed by atoms with van der Waals surface area (Å²) in [4.78, 5) is 0. The number of rotatable bonds is 3. The van der Waals surface area contributed by atoms with Crippen molar-refractivity contribution in [2.24, 2.45) is 0 Å². The monoisotopic (exact) mass is 231 g/mol. The molecule has 1 aromatic rings. The van der Waals surface area contributed by atoms with Gasteiger partial charge in [0.1, 0.15) is 0 Å². The smallest absolute Gasteiger partial charge is 0.174 e.